The molecule has 1 aliphatic carbocycles. The van der Waals surface area contributed by atoms with Gasteiger partial charge in [0, 0.05) is 12.4 Å². The van der Waals surface area contributed by atoms with Crippen molar-refractivity contribution in [3.05, 3.63) is 23.5 Å². The van der Waals surface area contributed by atoms with Crippen LogP contribution in [0.3, 0.4) is 0 Å². The van der Waals surface area contributed by atoms with E-state index >= 15 is 0 Å². The average Bonchev–Trinajstić information content (AvgIpc) is 2.67. The lowest BCUT2D eigenvalue weighted by molar-refractivity contribution is 0.0695. The largest absolute Gasteiger partial charge is 0.478 e. The number of carboxylic acids is 1. The van der Waals surface area contributed by atoms with E-state index < -0.39 is 5.97 Å². The van der Waals surface area contributed by atoms with Crippen molar-refractivity contribution in [1.29, 1.82) is 0 Å². The van der Waals surface area contributed by atoms with Crippen LogP contribution in [0.4, 0.5) is 0 Å². The lowest BCUT2D eigenvalue weighted by atomic mass is 9.84. The summed E-state index contributed by atoms with van der Waals surface area (Å²) >= 11 is 0. The number of rotatable bonds is 2. The van der Waals surface area contributed by atoms with Crippen molar-refractivity contribution in [3.63, 3.8) is 0 Å². The first-order valence-electron chi connectivity index (χ1n) is 5.19. The quantitative estimate of drug-likeness (QED) is 0.758. The highest BCUT2D eigenvalue weighted by molar-refractivity contribution is 5.89. The summed E-state index contributed by atoms with van der Waals surface area (Å²) in [6, 6.07) is 0. The molecule has 14 heavy (non-hydrogen) atoms. The highest BCUT2D eigenvalue weighted by atomic mass is 16.4. The molecular formula is C11H15NO2. The van der Waals surface area contributed by atoms with Gasteiger partial charge in [-0.15, -0.1) is 0 Å². The van der Waals surface area contributed by atoms with E-state index in [-0.39, 0.29) is 0 Å². The van der Waals surface area contributed by atoms with E-state index in [0.717, 1.165) is 18.4 Å². The zero-order valence-corrected chi connectivity index (χ0v) is 8.12. The van der Waals surface area contributed by atoms with Crippen molar-refractivity contribution >= 4 is 5.97 Å². The molecule has 0 unspecified atom stereocenters. The molecule has 0 aromatic carbocycles. The number of hydrogen-bond acceptors (Lipinski definition) is 1. The Kier molecular flexibility index (Phi) is 2.57. The third kappa shape index (κ3) is 1.67. The minimum Gasteiger partial charge on any atom is -0.478 e. The van der Waals surface area contributed by atoms with Gasteiger partial charge in [0.1, 0.15) is 0 Å². The number of aromatic carboxylic acids is 1. The maximum atomic E-state index is 10.9. The van der Waals surface area contributed by atoms with Crippen molar-refractivity contribution in [2.45, 2.75) is 38.0 Å². The molecule has 3 heteroatoms. The second-order valence-corrected chi connectivity index (χ2v) is 3.96. The van der Waals surface area contributed by atoms with Crippen LogP contribution in [0, 0.1) is 0 Å². The second kappa shape index (κ2) is 3.86. The lowest BCUT2D eigenvalue weighted by Gasteiger charge is -2.21. The van der Waals surface area contributed by atoms with Gasteiger partial charge in [-0.3, -0.25) is 0 Å². The van der Waals surface area contributed by atoms with Crippen molar-refractivity contribution in [2.24, 2.45) is 0 Å². The summed E-state index contributed by atoms with van der Waals surface area (Å²) in [5.74, 6) is -0.354. The summed E-state index contributed by atoms with van der Waals surface area (Å²) < 4.78 is 0. The van der Waals surface area contributed by atoms with Gasteiger partial charge in [-0.25, -0.2) is 4.79 Å². The molecule has 0 radical (unpaired) electrons. The highest BCUT2D eigenvalue weighted by Crippen LogP contribution is 2.34. The molecule has 0 amide bonds. The Labute approximate surface area is 83.1 Å². The topological polar surface area (TPSA) is 53.1 Å². The molecule has 0 spiro atoms. The molecule has 1 heterocycles. The van der Waals surface area contributed by atoms with Crippen molar-refractivity contribution < 1.29 is 9.90 Å². The van der Waals surface area contributed by atoms with Gasteiger partial charge in [0.2, 0.25) is 0 Å². The predicted molar refractivity (Wildman–Crippen MR) is 53.6 cm³/mol. The van der Waals surface area contributed by atoms with Crippen LogP contribution < -0.4 is 0 Å². The van der Waals surface area contributed by atoms with Crippen molar-refractivity contribution in [2.75, 3.05) is 0 Å². The van der Waals surface area contributed by atoms with Crippen LogP contribution in [-0.4, -0.2) is 16.1 Å². The number of aromatic nitrogens is 1. The van der Waals surface area contributed by atoms with E-state index in [2.05, 4.69) is 4.98 Å². The molecule has 1 fully saturated rings. The summed E-state index contributed by atoms with van der Waals surface area (Å²) in [6.45, 7) is 0. The fourth-order valence-corrected chi connectivity index (χ4v) is 2.31. The molecule has 1 aromatic heterocycles. The number of carbonyl (C=O) groups is 1. The van der Waals surface area contributed by atoms with Crippen LogP contribution in [0.2, 0.25) is 0 Å². The number of hydrogen-bond donors (Lipinski definition) is 2. The predicted octanol–water partition coefficient (Wildman–Crippen LogP) is 2.76. The van der Waals surface area contributed by atoms with E-state index in [0.29, 0.717) is 11.5 Å². The lowest BCUT2D eigenvalue weighted by Crippen LogP contribution is -2.08. The number of H-pyrrole nitrogens is 1. The van der Waals surface area contributed by atoms with Gasteiger partial charge in [-0.2, -0.15) is 0 Å². The summed E-state index contributed by atoms with van der Waals surface area (Å²) in [6.07, 6.45) is 9.47. The zero-order chi connectivity index (χ0) is 9.97. The Balaban J connectivity index is 2.21. The Hall–Kier alpha value is -1.25. The molecule has 0 bridgehead atoms. The van der Waals surface area contributed by atoms with Gasteiger partial charge in [-0.05, 0) is 24.3 Å². The molecule has 1 saturated carbocycles. The van der Waals surface area contributed by atoms with Crippen LogP contribution >= 0.6 is 0 Å². The smallest absolute Gasteiger partial charge is 0.337 e. The van der Waals surface area contributed by atoms with Crippen LogP contribution in [0.25, 0.3) is 0 Å². The number of aromatic amines is 1. The average molecular weight is 193 g/mol. The van der Waals surface area contributed by atoms with Gasteiger partial charge < -0.3 is 10.1 Å². The molecule has 0 saturated heterocycles. The van der Waals surface area contributed by atoms with Gasteiger partial charge in [0.25, 0.3) is 0 Å². The van der Waals surface area contributed by atoms with Crippen LogP contribution in [0.15, 0.2) is 12.4 Å². The van der Waals surface area contributed by atoms with E-state index in [1.54, 1.807) is 6.20 Å². The van der Waals surface area contributed by atoms with E-state index in [1.165, 1.54) is 19.3 Å². The summed E-state index contributed by atoms with van der Waals surface area (Å²) in [4.78, 5) is 13.8. The fourth-order valence-electron chi connectivity index (χ4n) is 2.31. The third-order valence-electron chi connectivity index (χ3n) is 3.05. The van der Waals surface area contributed by atoms with E-state index in [4.69, 9.17) is 5.11 Å². The maximum Gasteiger partial charge on any atom is 0.337 e. The van der Waals surface area contributed by atoms with Gasteiger partial charge >= 0.3 is 5.97 Å². The van der Waals surface area contributed by atoms with Crippen LogP contribution in [0.1, 0.15) is 53.9 Å². The first kappa shape index (κ1) is 9.31. The molecule has 76 valence electrons. The van der Waals surface area contributed by atoms with Crippen molar-refractivity contribution in [3.8, 4) is 0 Å². The summed E-state index contributed by atoms with van der Waals surface area (Å²) in [5, 5.41) is 8.97. The minimum absolute atomic E-state index is 0.455. The standard InChI is InChI=1S/C11H15NO2/c13-11(14)10-7-12-6-9(10)8-4-2-1-3-5-8/h6-8,12H,1-5H2,(H,13,14). The van der Waals surface area contributed by atoms with Crippen molar-refractivity contribution in [1.82, 2.24) is 4.98 Å². The Morgan fingerprint density at radius 1 is 1.29 bits per heavy atom. The maximum absolute atomic E-state index is 10.9. The molecule has 3 nitrogen and oxygen atoms in total. The molecule has 2 rings (SSSR count). The molecule has 1 aromatic rings. The van der Waals surface area contributed by atoms with Gasteiger partial charge in [-0.1, -0.05) is 19.3 Å². The Morgan fingerprint density at radius 3 is 2.64 bits per heavy atom. The van der Waals surface area contributed by atoms with E-state index in [9.17, 15) is 4.79 Å². The fraction of sp³-hybridized carbons (Fsp3) is 0.545. The van der Waals surface area contributed by atoms with Crippen LogP contribution in [0.5, 0.6) is 0 Å². The number of carboxylic acid groups (broad SMARTS) is 1. The van der Waals surface area contributed by atoms with Gasteiger partial charge in [0.15, 0.2) is 0 Å². The zero-order valence-electron chi connectivity index (χ0n) is 8.12. The molecule has 0 atom stereocenters. The first-order valence-corrected chi connectivity index (χ1v) is 5.19. The second-order valence-electron chi connectivity index (χ2n) is 3.96. The third-order valence-corrected chi connectivity index (χ3v) is 3.05. The van der Waals surface area contributed by atoms with E-state index in [1.807, 2.05) is 6.20 Å². The Morgan fingerprint density at radius 2 is 2.00 bits per heavy atom. The minimum atomic E-state index is -0.813. The summed E-state index contributed by atoms with van der Waals surface area (Å²) in [5.41, 5.74) is 1.45. The molecule has 0 aliphatic heterocycles. The van der Waals surface area contributed by atoms with Crippen LogP contribution in [-0.2, 0) is 0 Å². The molecule has 2 N–H and O–H groups in total. The summed E-state index contributed by atoms with van der Waals surface area (Å²) in [7, 11) is 0. The molecular weight excluding hydrogens is 178 g/mol. The number of nitrogens with one attached hydrogen (secondary N) is 1. The monoisotopic (exact) mass is 193 g/mol. The van der Waals surface area contributed by atoms with Gasteiger partial charge in [0.05, 0.1) is 5.56 Å². The molecule has 1 aliphatic rings. The SMILES string of the molecule is O=C(O)c1c[nH]cc1C1CCCCC1. The Bertz CT molecular complexity index is 324. The first-order chi connectivity index (χ1) is 6.79. The highest BCUT2D eigenvalue weighted by Gasteiger charge is 2.21. The normalized spacial score (nSPS) is 18.3.